The van der Waals surface area contributed by atoms with Gasteiger partial charge in [0.1, 0.15) is 0 Å². The van der Waals surface area contributed by atoms with Gasteiger partial charge in [0.05, 0.1) is 0 Å². The van der Waals surface area contributed by atoms with Crippen LogP contribution < -0.4 is 10.9 Å². The van der Waals surface area contributed by atoms with Crippen LogP contribution in [0.4, 0.5) is 0 Å². The average molecular weight is 117 g/mol. The molecule has 0 spiro atoms. The molecule has 0 radical (unpaired) electrons. The predicted molar refractivity (Wildman–Crippen MR) is 31.1 cm³/mol. The van der Waals surface area contributed by atoms with E-state index in [2.05, 4.69) is 23.7 Å². The zero-order valence-corrected chi connectivity index (χ0v) is 4.65. The van der Waals surface area contributed by atoms with Crippen LogP contribution in [0.5, 0.6) is 0 Å². The first-order valence-electron chi connectivity index (χ1n) is 2.03. The topological polar surface area (TPSA) is 27.3 Å². The second kappa shape index (κ2) is 2.20. The van der Waals surface area contributed by atoms with Gasteiger partial charge >= 0.3 is 0 Å². The Kier molecular flexibility index (Phi) is 1.56. The summed E-state index contributed by atoms with van der Waals surface area (Å²) in [6, 6.07) is 0. The van der Waals surface area contributed by atoms with Crippen molar-refractivity contribution >= 4 is 12.8 Å². The van der Waals surface area contributed by atoms with Gasteiger partial charge in [-0.15, -0.1) is 4.52 Å². The smallest absolute Gasteiger partial charge is 0.0327 e. The molecule has 0 fully saturated rings. The van der Waals surface area contributed by atoms with Crippen LogP contribution in [0.15, 0.2) is 12.3 Å². The molecule has 1 aliphatic rings. The molecule has 0 amide bonds. The average Bonchev–Trinajstić information content (AvgIpc) is 1.69. The fraction of sp³-hybridized carbons (Fsp3) is 0.333. The zero-order chi connectivity index (χ0) is 5.11. The first-order chi connectivity index (χ1) is 3.39. The molecule has 0 aromatic rings. The van der Waals surface area contributed by atoms with Crippen molar-refractivity contribution in [3.63, 3.8) is 0 Å². The molecule has 0 saturated carbocycles. The summed E-state index contributed by atoms with van der Waals surface area (Å²) >= 11 is 3.92. The van der Waals surface area contributed by atoms with E-state index in [4.69, 9.17) is 0 Å². The van der Waals surface area contributed by atoms with Crippen LogP contribution in [-0.4, -0.2) is 11.1 Å². The molecule has 40 valence electrons. The summed E-state index contributed by atoms with van der Waals surface area (Å²) < 4.78 is 1.50. The fourth-order valence-electron chi connectivity index (χ4n) is 0.367. The van der Waals surface area contributed by atoms with Gasteiger partial charge in [0.15, 0.2) is 0 Å². The van der Waals surface area contributed by atoms with Gasteiger partial charge in [0.2, 0.25) is 0 Å². The third kappa shape index (κ3) is 1.38. The minimum atomic E-state index is 0.844. The summed E-state index contributed by atoms with van der Waals surface area (Å²) in [6.07, 6.45) is 3.79. The first kappa shape index (κ1) is 4.96. The Bertz CT molecular complexity index is 82.2. The summed E-state index contributed by atoms with van der Waals surface area (Å²) in [6.45, 7) is 0.844. The van der Waals surface area contributed by atoms with Gasteiger partial charge < -0.3 is 5.43 Å². The number of nitrogens with one attached hydrogen (secondary N) is 2. The summed E-state index contributed by atoms with van der Waals surface area (Å²) in [5.41, 5.74) is 5.67. The monoisotopic (exact) mass is 117 g/mol. The van der Waals surface area contributed by atoms with E-state index in [9.17, 15) is 0 Å². The Hall–Kier alpha value is -0.190. The molecule has 4 heteroatoms. The van der Waals surface area contributed by atoms with E-state index < -0.39 is 0 Å². The molecule has 2 N–H and O–H groups in total. The van der Waals surface area contributed by atoms with Crippen molar-refractivity contribution in [3.05, 3.63) is 12.3 Å². The first-order valence-corrected chi connectivity index (χ1v) is 2.43. The molecule has 0 aromatic heterocycles. The highest BCUT2D eigenvalue weighted by atomic mass is 32.1. The Morgan fingerprint density at radius 1 is 1.71 bits per heavy atom. The highest BCUT2D eigenvalue weighted by Gasteiger charge is 1.93. The number of hydrogen-bond acceptors (Lipinski definition) is 4. The zero-order valence-electron chi connectivity index (χ0n) is 3.76. The molecular formula is C3H7N3S. The largest absolute Gasteiger partial charge is 0.304 e. The molecule has 0 bridgehead atoms. The maximum Gasteiger partial charge on any atom is 0.0327 e. The van der Waals surface area contributed by atoms with E-state index >= 15 is 0 Å². The lowest BCUT2D eigenvalue weighted by Crippen LogP contribution is -2.41. The van der Waals surface area contributed by atoms with Gasteiger partial charge in [0.25, 0.3) is 0 Å². The van der Waals surface area contributed by atoms with Gasteiger partial charge in [-0.3, -0.25) is 0 Å². The van der Waals surface area contributed by atoms with Crippen LogP contribution in [0.2, 0.25) is 0 Å². The number of thiol groups is 1. The van der Waals surface area contributed by atoms with Gasteiger partial charge in [-0.25, -0.2) is 5.43 Å². The molecule has 1 heterocycles. The van der Waals surface area contributed by atoms with Crippen LogP contribution in [-0.2, 0) is 0 Å². The highest BCUT2D eigenvalue weighted by molar-refractivity contribution is 7.77. The van der Waals surface area contributed by atoms with Crippen molar-refractivity contribution in [1.29, 1.82) is 0 Å². The Labute approximate surface area is 47.9 Å². The minimum Gasteiger partial charge on any atom is -0.304 e. The summed E-state index contributed by atoms with van der Waals surface area (Å²) in [4.78, 5) is 0. The van der Waals surface area contributed by atoms with E-state index in [1.165, 1.54) is 4.52 Å². The molecule has 0 saturated heterocycles. The van der Waals surface area contributed by atoms with Crippen LogP contribution in [0, 0.1) is 0 Å². The van der Waals surface area contributed by atoms with Crippen molar-refractivity contribution in [1.82, 2.24) is 15.4 Å². The van der Waals surface area contributed by atoms with Gasteiger partial charge in [-0.2, -0.15) is 0 Å². The molecule has 1 aliphatic heterocycles. The Balaban J connectivity index is 2.32. The quantitative estimate of drug-likeness (QED) is 0.379. The molecule has 0 aromatic carbocycles. The second-order valence-corrected chi connectivity index (χ2v) is 1.61. The van der Waals surface area contributed by atoms with Crippen molar-refractivity contribution < 1.29 is 0 Å². The summed E-state index contributed by atoms with van der Waals surface area (Å²) in [7, 11) is 0. The third-order valence-electron chi connectivity index (χ3n) is 0.674. The number of hydrogen-bond donors (Lipinski definition) is 3. The van der Waals surface area contributed by atoms with E-state index in [-0.39, 0.29) is 0 Å². The normalized spacial score (nSPS) is 21.9. The van der Waals surface area contributed by atoms with Crippen LogP contribution in [0.3, 0.4) is 0 Å². The van der Waals surface area contributed by atoms with Gasteiger partial charge in [-0.05, 0) is 0 Å². The minimum absolute atomic E-state index is 0.844. The lowest BCUT2D eigenvalue weighted by molar-refractivity contribution is 0.305. The number of nitrogens with zero attached hydrogens (tertiary/aromatic N) is 1. The van der Waals surface area contributed by atoms with E-state index in [1.54, 1.807) is 0 Å². The number of rotatable bonds is 0. The Morgan fingerprint density at radius 2 is 2.57 bits per heavy atom. The SMILES string of the molecule is SN1NC=CCN1. The predicted octanol–water partition coefficient (Wildman–Crippen LogP) is -0.330. The van der Waals surface area contributed by atoms with Gasteiger partial charge in [0, 0.05) is 12.7 Å². The number of hydrazine groups is 2. The molecule has 7 heavy (non-hydrogen) atoms. The second-order valence-electron chi connectivity index (χ2n) is 1.21. The molecule has 0 aliphatic carbocycles. The van der Waals surface area contributed by atoms with Crippen LogP contribution in [0.25, 0.3) is 0 Å². The van der Waals surface area contributed by atoms with Crippen LogP contribution >= 0.6 is 12.8 Å². The maximum atomic E-state index is 3.92. The van der Waals surface area contributed by atoms with Crippen LogP contribution in [0.1, 0.15) is 0 Å². The Morgan fingerprint density at radius 3 is 2.86 bits per heavy atom. The van der Waals surface area contributed by atoms with E-state index in [1.807, 2.05) is 12.3 Å². The molecular weight excluding hydrogens is 110 g/mol. The van der Waals surface area contributed by atoms with E-state index in [0.29, 0.717) is 0 Å². The summed E-state index contributed by atoms with van der Waals surface area (Å²) in [5, 5.41) is 0. The molecule has 3 nitrogen and oxygen atoms in total. The standard InChI is InChI=1S/C3H7N3S/c7-6-4-2-1-3-5-6/h1-2,4-5,7H,3H2. The van der Waals surface area contributed by atoms with Crippen molar-refractivity contribution in [2.24, 2.45) is 0 Å². The molecule has 0 unspecified atom stereocenters. The highest BCUT2D eigenvalue weighted by Crippen LogP contribution is 1.84. The van der Waals surface area contributed by atoms with E-state index in [0.717, 1.165) is 6.54 Å². The lowest BCUT2D eigenvalue weighted by Gasteiger charge is -2.17. The maximum absolute atomic E-state index is 3.92. The third-order valence-corrected chi connectivity index (χ3v) is 0.930. The van der Waals surface area contributed by atoms with Gasteiger partial charge in [-0.1, -0.05) is 18.9 Å². The molecule has 1 rings (SSSR count). The summed E-state index contributed by atoms with van der Waals surface area (Å²) in [5.74, 6) is 0. The lowest BCUT2D eigenvalue weighted by atomic mass is 10.6. The van der Waals surface area contributed by atoms with Crippen molar-refractivity contribution in [3.8, 4) is 0 Å². The fourth-order valence-corrected chi connectivity index (χ4v) is 0.515. The molecule has 0 atom stereocenters. The van der Waals surface area contributed by atoms with Crippen molar-refractivity contribution in [2.45, 2.75) is 0 Å². The van der Waals surface area contributed by atoms with Crippen molar-refractivity contribution in [2.75, 3.05) is 6.54 Å².